The Morgan fingerprint density at radius 3 is 2.96 bits per heavy atom. The van der Waals surface area contributed by atoms with Crippen molar-refractivity contribution in [2.24, 2.45) is 4.99 Å². The zero-order valence-electron chi connectivity index (χ0n) is 14.8. The van der Waals surface area contributed by atoms with Gasteiger partial charge in [0, 0.05) is 26.1 Å². The number of ether oxygens (including phenoxy) is 1. The molecule has 1 aromatic rings. The first-order valence-corrected chi connectivity index (χ1v) is 9.98. The fraction of sp³-hybridized carbons (Fsp3) is 0.611. The maximum atomic E-state index is 5.55. The van der Waals surface area contributed by atoms with Gasteiger partial charge in [-0.3, -0.25) is 4.99 Å². The lowest BCUT2D eigenvalue weighted by Gasteiger charge is -2.11. The molecule has 0 aliphatic carbocycles. The number of fused-ring (bicyclic) bond motifs is 1. The summed E-state index contributed by atoms with van der Waals surface area (Å²) in [5.41, 5.74) is 2.70. The first kappa shape index (κ1) is 21.4. The minimum atomic E-state index is 0. The van der Waals surface area contributed by atoms with Gasteiger partial charge in [-0.25, -0.2) is 0 Å². The molecule has 2 N–H and O–H groups in total. The third-order valence-corrected chi connectivity index (χ3v) is 4.53. The van der Waals surface area contributed by atoms with Crippen molar-refractivity contribution in [1.29, 1.82) is 0 Å². The molecule has 0 fully saturated rings. The summed E-state index contributed by atoms with van der Waals surface area (Å²) in [5.74, 6) is 3.21. The van der Waals surface area contributed by atoms with Crippen molar-refractivity contribution >= 4 is 41.7 Å². The summed E-state index contributed by atoms with van der Waals surface area (Å²) in [6.07, 6.45) is 6.59. The first-order valence-electron chi connectivity index (χ1n) is 8.59. The maximum Gasteiger partial charge on any atom is 0.191 e. The Morgan fingerprint density at radius 2 is 2.17 bits per heavy atom. The number of unbranched alkanes of at least 4 members (excludes halogenated alkanes) is 1. The summed E-state index contributed by atoms with van der Waals surface area (Å²) in [4.78, 5) is 4.64. The van der Waals surface area contributed by atoms with Crippen molar-refractivity contribution in [1.82, 2.24) is 10.6 Å². The fourth-order valence-electron chi connectivity index (χ4n) is 2.61. The van der Waals surface area contributed by atoms with Crippen LogP contribution in [0.15, 0.2) is 23.2 Å². The molecule has 1 aliphatic heterocycles. The molecule has 136 valence electrons. The average Bonchev–Trinajstić information content (AvgIpc) is 3.02. The largest absolute Gasteiger partial charge is 0.493 e. The standard InChI is InChI=1S/C18H29N3OS.HI/c1-3-19-18(20-10-4-5-13-23-2)21-11-8-15-6-7-17-16(14-15)9-12-22-17;/h6-7,14H,3-5,8-13H2,1-2H3,(H2,19,20,21);1H. The average molecular weight is 463 g/mol. The van der Waals surface area contributed by atoms with Crippen molar-refractivity contribution in [2.45, 2.75) is 32.6 Å². The van der Waals surface area contributed by atoms with E-state index in [1.807, 2.05) is 11.8 Å². The van der Waals surface area contributed by atoms with Gasteiger partial charge in [-0.05, 0) is 55.4 Å². The van der Waals surface area contributed by atoms with Gasteiger partial charge in [-0.2, -0.15) is 11.8 Å². The Morgan fingerprint density at radius 1 is 1.29 bits per heavy atom. The highest BCUT2D eigenvalue weighted by molar-refractivity contribution is 14.0. The minimum Gasteiger partial charge on any atom is -0.493 e. The summed E-state index contributed by atoms with van der Waals surface area (Å²) in [7, 11) is 0. The highest BCUT2D eigenvalue weighted by Crippen LogP contribution is 2.25. The molecule has 24 heavy (non-hydrogen) atoms. The second-order valence-electron chi connectivity index (χ2n) is 5.68. The van der Waals surface area contributed by atoms with Crippen LogP contribution in [-0.4, -0.2) is 44.2 Å². The molecule has 1 aromatic carbocycles. The van der Waals surface area contributed by atoms with Crippen molar-refractivity contribution in [3.8, 4) is 5.75 Å². The molecule has 4 nitrogen and oxygen atoms in total. The third-order valence-electron chi connectivity index (χ3n) is 3.83. The topological polar surface area (TPSA) is 45.7 Å². The van der Waals surface area contributed by atoms with Crippen LogP contribution < -0.4 is 15.4 Å². The molecule has 0 atom stereocenters. The Bertz CT molecular complexity index is 511. The number of rotatable bonds is 9. The van der Waals surface area contributed by atoms with E-state index in [-0.39, 0.29) is 24.0 Å². The molecule has 0 saturated heterocycles. The van der Waals surface area contributed by atoms with E-state index in [0.29, 0.717) is 0 Å². The van der Waals surface area contributed by atoms with Gasteiger partial charge in [-0.15, -0.1) is 24.0 Å². The number of nitrogens with zero attached hydrogens (tertiary/aromatic N) is 1. The molecule has 1 aliphatic rings. The van der Waals surface area contributed by atoms with Crippen LogP contribution >= 0.6 is 35.7 Å². The van der Waals surface area contributed by atoms with Gasteiger partial charge in [0.2, 0.25) is 0 Å². The highest BCUT2D eigenvalue weighted by Gasteiger charge is 2.11. The number of halogens is 1. The maximum absolute atomic E-state index is 5.55. The molecule has 0 spiro atoms. The highest BCUT2D eigenvalue weighted by atomic mass is 127. The fourth-order valence-corrected chi connectivity index (χ4v) is 3.10. The third kappa shape index (κ3) is 7.51. The van der Waals surface area contributed by atoms with Gasteiger partial charge >= 0.3 is 0 Å². The smallest absolute Gasteiger partial charge is 0.191 e. The van der Waals surface area contributed by atoms with Gasteiger partial charge in [0.05, 0.1) is 6.61 Å². The molecular formula is C18H30IN3OS. The second-order valence-corrected chi connectivity index (χ2v) is 6.66. The van der Waals surface area contributed by atoms with Gasteiger partial charge in [0.15, 0.2) is 5.96 Å². The predicted molar refractivity (Wildman–Crippen MR) is 116 cm³/mol. The summed E-state index contributed by atoms with van der Waals surface area (Å²) in [6.45, 7) is 5.62. The van der Waals surface area contributed by atoms with Crippen LogP contribution in [0.3, 0.4) is 0 Å². The lowest BCUT2D eigenvalue weighted by atomic mass is 10.1. The van der Waals surface area contributed by atoms with Crippen molar-refractivity contribution in [3.05, 3.63) is 29.3 Å². The Labute approximate surface area is 167 Å². The van der Waals surface area contributed by atoms with Gasteiger partial charge in [0.1, 0.15) is 5.75 Å². The van der Waals surface area contributed by atoms with Crippen molar-refractivity contribution in [3.63, 3.8) is 0 Å². The number of guanidine groups is 1. The van der Waals surface area contributed by atoms with Gasteiger partial charge < -0.3 is 15.4 Å². The Balaban J connectivity index is 0.00000288. The molecule has 0 radical (unpaired) electrons. The van der Waals surface area contributed by atoms with E-state index >= 15 is 0 Å². The van der Waals surface area contributed by atoms with Crippen LogP contribution in [-0.2, 0) is 12.8 Å². The predicted octanol–water partition coefficient (Wildman–Crippen LogP) is 3.48. The van der Waals surface area contributed by atoms with E-state index in [2.05, 4.69) is 47.0 Å². The number of nitrogens with one attached hydrogen (secondary N) is 2. The van der Waals surface area contributed by atoms with Crippen molar-refractivity contribution in [2.75, 3.05) is 38.2 Å². The number of aliphatic imine (C=N–C) groups is 1. The summed E-state index contributed by atoms with van der Waals surface area (Å²) in [5, 5.41) is 6.75. The van der Waals surface area contributed by atoms with Crippen LogP contribution in [0.2, 0.25) is 0 Å². The van der Waals surface area contributed by atoms with Crippen LogP contribution in [0, 0.1) is 0 Å². The lowest BCUT2D eigenvalue weighted by Crippen LogP contribution is -2.38. The zero-order chi connectivity index (χ0) is 16.3. The monoisotopic (exact) mass is 463 g/mol. The van der Waals surface area contributed by atoms with Gasteiger partial charge in [-0.1, -0.05) is 12.1 Å². The first-order chi connectivity index (χ1) is 11.3. The van der Waals surface area contributed by atoms with Crippen LogP contribution in [0.4, 0.5) is 0 Å². The zero-order valence-corrected chi connectivity index (χ0v) is 17.9. The number of hydrogen-bond acceptors (Lipinski definition) is 3. The number of thioether (sulfide) groups is 1. The Hall–Kier alpha value is -0.630. The molecule has 2 rings (SSSR count). The summed E-state index contributed by atoms with van der Waals surface area (Å²) in [6, 6.07) is 6.54. The summed E-state index contributed by atoms with van der Waals surface area (Å²) >= 11 is 1.90. The normalized spacial score (nSPS) is 13.0. The molecule has 0 amide bonds. The van der Waals surface area contributed by atoms with Gasteiger partial charge in [0.25, 0.3) is 0 Å². The van der Waals surface area contributed by atoms with Crippen molar-refractivity contribution < 1.29 is 4.74 Å². The quantitative estimate of drug-likeness (QED) is 0.255. The lowest BCUT2D eigenvalue weighted by molar-refractivity contribution is 0.357. The van der Waals surface area contributed by atoms with Crippen LogP contribution in [0.5, 0.6) is 5.75 Å². The molecule has 0 aromatic heterocycles. The van der Waals surface area contributed by atoms with E-state index in [0.717, 1.165) is 57.2 Å². The Kier molecular flexibility index (Phi) is 11.3. The number of hydrogen-bond donors (Lipinski definition) is 2. The summed E-state index contributed by atoms with van der Waals surface area (Å²) < 4.78 is 5.55. The minimum absolute atomic E-state index is 0. The van der Waals surface area contributed by atoms with Crippen LogP contribution in [0.25, 0.3) is 0 Å². The number of benzene rings is 1. The molecule has 1 heterocycles. The van der Waals surface area contributed by atoms with E-state index in [9.17, 15) is 0 Å². The van der Waals surface area contributed by atoms with E-state index in [1.54, 1.807) is 0 Å². The molecule has 6 heteroatoms. The molecular weight excluding hydrogens is 433 g/mol. The molecule has 0 bridgehead atoms. The van der Waals surface area contributed by atoms with E-state index < -0.39 is 0 Å². The molecule has 0 unspecified atom stereocenters. The van der Waals surface area contributed by atoms with E-state index in [4.69, 9.17) is 4.74 Å². The second kappa shape index (κ2) is 12.7. The molecule has 0 saturated carbocycles. The SMILES string of the molecule is CCNC(=NCCCCSC)NCCc1ccc2c(c1)CCO2.I. The van der Waals surface area contributed by atoms with E-state index in [1.165, 1.54) is 23.3 Å². The van der Waals surface area contributed by atoms with Crippen LogP contribution in [0.1, 0.15) is 30.9 Å².